The zero-order valence-corrected chi connectivity index (χ0v) is 11.6. The van der Waals surface area contributed by atoms with Gasteiger partial charge in [-0.3, -0.25) is 4.79 Å². The monoisotopic (exact) mass is 309 g/mol. The van der Waals surface area contributed by atoms with Gasteiger partial charge in [-0.1, -0.05) is 22.0 Å². The second-order valence-corrected chi connectivity index (χ2v) is 5.58. The van der Waals surface area contributed by atoms with Gasteiger partial charge in [-0.2, -0.15) is 0 Å². The third-order valence-electron chi connectivity index (χ3n) is 2.31. The van der Waals surface area contributed by atoms with Gasteiger partial charge >= 0.3 is 0 Å². The van der Waals surface area contributed by atoms with Crippen LogP contribution in [-0.4, -0.2) is 5.91 Å². The fraction of sp³-hybridized carbons (Fsp3) is 0.154. The number of amides is 1. The maximum Gasteiger partial charge on any atom is 0.224 e. The van der Waals surface area contributed by atoms with E-state index in [0.29, 0.717) is 6.42 Å². The van der Waals surface area contributed by atoms with Crippen molar-refractivity contribution in [3.8, 4) is 0 Å². The number of aryl methyl sites for hydroxylation is 1. The summed E-state index contributed by atoms with van der Waals surface area (Å²) in [4.78, 5) is 12.9. The summed E-state index contributed by atoms with van der Waals surface area (Å²) in [7, 11) is 0. The lowest BCUT2D eigenvalue weighted by Gasteiger charge is -2.04. The van der Waals surface area contributed by atoms with E-state index in [-0.39, 0.29) is 5.91 Å². The Hall–Kier alpha value is -1.13. The smallest absolute Gasteiger partial charge is 0.224 e. The van der Waals surface area contributed by atoms with Crippen molar-refractivity contribution in [1.29, 1.82) is 0 Å². The summed E-state index contributed by atoms with van der Waals surface area (Å²) >= 11 is 5.04. The van der Waals surface area contributed by atoms with Gasteiger partial charge in [0.05, 0.1) is 0 Å². The van der Waals surface area contributed by atoms with Crippen molar-refractivity contribution in [3.63, 3.8) is 0 Å². The molecule has 0 saturated heterocycles. The van der Waals surface area contributed by atoms with Gasteiger partial charge in [0.1, 0.15) is 0 Å². The molecule has 0 bridgehead atoms. The quantitative estimate of drug-likeness (QED) is 0.906. The molecule has 2 rings (SSSR count). The number of nitrogens with one attached hydrogen (secondary N) is 1. The van der Waals surface area contributed by atoms with Crippen LogP contribution in [0.1, 0.15) is 11.3 Å². The minimum Gasteiger partial charge on any atom is -0.326 e. The van der Waals surface area contributed by atoms with Crippen molar-refractivity contribution in [2.45, 2.75) is 12.8 Å². The Bertz CT molecular complexity index is 479. The zero-order valence-electron chi connectivity index (χ0n) is 9.15. The zero-order chi connectivity index (χ0) is 12.1. The topological polar surface area (TPSA) is 29.1 Å². The number of anilines is 1. The number of hydrogen-bond acceptors (Lipinski definition) is 2. The fourth-order valence-electron chi connectivity index (χ4n) is 1.45. The van der Waals surface area contributed by atoms with E-state index in [4.69, 9.17) is 0 Å². The predicted octanol–water partition coefficient (Wildman–Crippen LogP) is 4.08. The van der Waals surface area contributed by atoms with Crippen LogP contribution in [0.3, 0.4) is 0 Å². The Kier molecular flexibility index (Phi) is 4.34. The highest BCUT2D eigenvalue weighted by atomic mass is 79.9. The number of rotatable bonds is 4. The number of carbonyl (C=O) groups excluding carboxylic acids is 1. The van der Waals surface area contributed by atoms with E-state index in [2.05, 4.69) is 27.3 Å². The van der Waals surface area contributed by atoms with Gasteiger partial charge in [0, 0.05) is 21.5 Å². The number of halogens is 1. The molecule has 1 aromatic carbocycles. The first-order valence-electron chi connectivity index (χ1n) is 5.32. The molecule has 0 aliphatic rings. The van der Waals surface area contributed by atoms with Crippen molar-refractivity contribution >= 4 is 38.9 Å². The van der Waals surface area contributed by atoms with E-state index >= 15 is 0 Å². The highest BCUT2D eigenvalue weighted by Crippen LogP contribution is 2.15. The van der Waals surface area contributed by atoms with E-state index in [1.54, 1.807) is 11.3 Å². The standard InChI is InChI=1S/C13H12BrNOS/c14-10-3-5-11(6-4-10)15-13(16)8-7-12-2-1-9-17-12/h1-6,9H,7-8H2,(H,15,16). The van der Waals surface area contributed by atoms with Crippen LogP contribution in [0.25, 0.3) is 0 Å². The summed E-state index contributed by atoms with van der Waals surface area (Å²) in [5, 5.41) is 4.91. The van der Waals surface area contributed by atoms with Crippen molar-refractivity contribution in [2.24, 2.45) is 0 Å². The Morgan fingerprint density at radius 1 is 1.24 bits per heavy atom. The number of benzene rings is 1. The number of hydrogen-bond donors (Lipinski definition) is 1. The molecule has 0 aliphatic carbocycles. The van der Waals surface area contributed by atoms with Crippen molar-refractivity contribution < 1.29 is 4.79 Å². The summed E-state index contributed by atoms with van der Waals surface area (Å²) in [6, 6.07) is 11.6. The first-order valence-corrected chi connectivity index (χ1v) is 6.99. The van der Waals surface area contributed by atoms with Crippen molar-refractivity contribution in [3.05, 3.63) is 51.1 Å². The molecule has 1 N–H and O–H groups in total. The lowest BCUT2D eigenvalue weighted by Crippen LogP contribution is -2.11. The molecule has 0 fully saturated rings. The second-order valence-electron chi connectivity index (χ2n) is 3.63. The van der Waals surface area contributed by atoms with Crippen molar-refractivity contribution in [1.82, 2.24) is 0 Å². The maximum atomic E-state index is 11.7. The molecule has 1 aromatic heterocycles. The molecule has 4 heteroatoms. The molecule has 0 atom stereocenters. The van der Waals surface area contributed by atoms with Crippen LogP contribution >= 0.6 is 27.3 Å². The maximum absolute atomic E-state index is 11.7. The van der Waals surface area contributed by atoms with Crippen LogP contribution < -0.4 is 5.32 Å². The van der Waals surface area contributed by atoms with E-state index in [1.807, 2.05) is 35.7 Å². The molecule has 2 aromatic rings. The molecule has 2 nitrogen and oxygen atoms in total. The molecule has 0 aliphatic heterocycles. The molecular weight excluding hydrogens is 298 g/mol. The molecule has 0 spiro atoms. The summed E-state index contributed by atoms with van der Waals surface area (Å²) in [5.41, 5.74) is 0.837. The van der Waals surface area contributed by atoms with Crippen LogP contribution in [0, 0.1) is 0 Å². The molecule has 17 heavy (non-hydrogen) atoms. The van der Waals surface area contributed by atoms with Crippen LogP contribution in [0.15, 0.2) is 46.3 Å². The van der Waals surface area contributed by atoms with Crippen molar-refractivity contribution in [2.75, 3.05) is 5.32 Å². The van der Waals surface area contributed by atoms with Gasteiger partial charge in [-0.05, 0) is 42.1 Å². The summed E-state index contributed by atoms with van der Waals surface area (Å²) in [6.45, 7) is 0. The molecule has 0 unspecified atom stereocenters. The largest absolute Gasteiger partial charge is 0.326 e. The molecule has 1 heterocycles. The molecular formula is C13H12BrNOS. The van der Waals surface area contributed by atoms with Crippen LogP contribution in [0.2, 0.25) is 0 Å². The molecule has 0 saturated carbocycles. The Morgan fingerprint density at radius 2 is 2.00 bits per heavy atom. The molecule has 0 radical (unpaired) electrons. The second kappa shape index (κ2) is 5.98. The van der Waals surface area contributed by atoms with Gasteiger partial charge in [-0.15, -0.1) is 11.3 Å². The molecule has 1 amide bonds. The van der Waals surface area contributed by atoms with Gasteiger partial charge in [-0.25, -0.2) is 0 Å². The first-order chi connectivity index (χ1) is 8.24. The van der Waals surface area contributed by atoms with Gasteiger partial charge in [0.15, 0.2) is 0 Å². The Morgan fingerprint density at radius 3 is 2.65 bits per heavy atom. The summed E-state index contributed by atoms with van der Waals surface area (Å²) in [5.74, 6) is 0.0562. The third-order valence-corrected chi connectivity index (χ3v) is 3.77. The van der Waals surface area contributed by atoms with E-state index in [9.17, 15) is 4.79 Å². The van der Waals surface area contributed by atoms with Crippen LogP contribution in [-0.2, 0) is 11.2 Å². The van der Waals surface area contributed by atoms with Crippen LogP contribution in [0.5, 0.6) is 0 Å². The summed E-state index contributed by atoms with van der Waals surface area (Å²) < 4.78 is 1.01. The minimum atomic E-state index is 0.0562. The normalized spacial score (nSPS) is 10.2. The van der Waals surface area contributed by atoms with Gasteiger partial charge < -0.3 is 5.32 Å². The van der Waals surface area contributed by atoms with Gasteiger partial charge in [0.2, 0.25) is 5.91 Å². The Labute approximate surface area is 113 Å². The van der Waals surface area contributed by atoms with E-state index < -0.39 is 0 Å². The van der Waals surface area contributed by atoms with E-state index in [1.165, 1.54) is 4.88 Å². The fourth-order valence-corrected chi connectivity index (χ4v) is 2.42. The average Bonchev–Trinajstić information content (AvgIpc) is 2.83. The minimum absolute atomic E-state index is 0.0562. The number of thiophene rings is 1. The first kappa shape index (κ1) is 12.3. The summed E-state index contributed by atoms with van der Waals surface area (Å²) in [6.07, 6.45) is 1.33. The van der Waals surface area contributed by atoms with Crippen LogP contribution in [0.4, 0.5) is 5.69 Å². The Balaban J connectivity index is 1.83. The highest BCUT2D eigenvalue weighted by Gasteiger charge is 2.03. The average molecular weight is 310 g/mol. The molecule has 88 valence electrons. The van der Waals surface area contributed by atoms with E-state index in [0.717, 1.165) is 16.6 Å². The van der Waals surface area contributed by atoms with Gasteiger partial charge in [0.25, 0.3) is 0 Å². The lowest BCUT2D eigenvalue weighted by atomic mass is 10.2. The third kappa shape index (κ3) is 3.98. The predicted molar refractivity (Wildman–Crippen MR) is 75.4 cm³/mol. The number of carbonyl (C=O) groups is 1. The highest BCUT2D eigenvalue weighted by molar-refractivity contribution is 9.10. The SMILES string of the molecule is O=C(CCc1cccs1)Nc1ccc(Br)cc1. The lowest BCUT2D eigenvalue weighted by molar-refractivity contribution is -0.116.